The molecule has 7 nitrogen and oxygen atoms in total. The minimum Gasteiger partial charge on any atom is -0.388 e. The maximum absolute atomic E-state index is 12.5. The first-order chi connectivity index (χ1) is 11.6. The molecule has 0 aliphatic heterocycles. The number of aliphatic hydroxyl groups is 1. The molecule has 1 rings (SSSR count). The van der Waals surface area contributed by atoms with Crippen molar-refractivity contribution in [3.05, 3.63) is 32.6 Å². The van der Waals surface area contributed by atoms with Gasteiger partial charge >= 0.3 is 5.69 Å². The van der Waals surface area contributed by atoms with Crippen molar-refractivity contribution in [3.63, 3.8) is 0 Å². The van der Waals surface area contributed by atoms with Crippen molar-refractivity contribution in [2.24, 2.45) is 0 Å². The van der Waals surface area contributed by atoms with E-state index in [1.54, 1.807) is 6.92 Å². The second kappa shape index (κ2) is 11.2. The summed E-state index contributed by atoms with van der Waals surface area (Å²) >= 11 is 0. The van der Waals surface area contributed by atoms with Gasteiger partial charge in [0.2, 0.25) is 0 Å². The van der Waals surface area contributed by atoms with E-state index in [9.17, 15) is 14.7 Å². The number of aromatic nitrogens is 2. The van der Waals surface area contributed by atoms with Crippen LogP contribution in [0.15, 0.2) is 15.8 Å². The Morgan fingerprint density at radius 3 is 2.33 bits per heavy atom. The Morgan fingerprint density at radius 1 is 1.04 bits per heavy atom. The SMILES string of the molecule is CCCCCCC(O)c1cn(COCC)c(=O)n(COCC)c1=O. The van der Waals surface area contributed by atoms with Crippen LogP contribution in [-0.4, -0.2) is 27.5 Å². The van der Waals surface area contributed by atoms with Gasteiger partial charge in [-0.1, -0.05) is 32.6 Å². The summed E-state index contributed by atoms with van der Waals surface area (Å²) in [6.07, 6.45) is 5.07. The van der Waals surface area contributed by atoms with Gasteiger partial charge in [0, 0.05) is 19.4 Å². The van der Waals surface area contributed by atoms with E-state index in [1.165, 1.54) is 10.8 Å². The van der Waals surface area contributed by atoms with Gasteiger partial charge in [-0.3, -0.25) is 9.36 Å². The van der Waals surface area contributed by atoms with Crippen LogP contribution >= 0.6 is 0 Å². The van der Waals surface area contributed by atoms with E-state index < -0.39 is 17.4 Å². The van der Waals surface area contributed by atoms with Crippen LogP contribution in [0.1, 0.15) is 64.5 Å². The first kappa shape index (κ1) is 20.6. The lowest BCUT2D eigenvalue weighted by Gasteiger charge is -2.16. The van der Waals surface area contributed by atoms with Gasteiger partial charge in [0.1, 0.15) is 13.5 Å². The summed E-state index contributed by atoms with van der Waals surface area (Å²) in [5, 5.41) is 10.4. The zero-order chi connectivity index (χ0) is 17.9. The quantitative estimate of drug-likeness (QED) is 0.588. The molecule has 0 aliphatic carbocycles. The molecule has 1 atom stereocenters. The first-order valence-corrected chi connectivity index (χ1v) is 8.74. The zero-order valence-corrected chi connectivity index (χ0v) is 15.0. The number of aliphatic hydroxyl groups excluding tert-OH is 1. The smallest absolute Gasteiger partial charge is 0.334 e. The summed E-state index contributed by atoms with van der Waals surface area (Å²) in [5.41, 5.74) is -0.779. The molecule has 1 N–H and O–H groups in total. The Labute approximate surface area is 142 Å². The van der Waals surface area contributed by atoms with E-state index in [1.807, 2.05) is 6.92 Å². The van der Waals surface area contributed by atoms with E-state index in [2.05, 4.69) is 6.92 Å². The molecule has 0 radical (unpaired) electrons. The Bertz CT molecular complexity index is 594. The second-order valence-electron chi connectivity index (χ2n) is 5.68. The van der Waals surface area contributed by atoms with Crippen LogP contribution in [0.25, 0.3) is 0 Å². The lowest BCUT2D eigenvalue weighted by Crippen LogP contribution is -2.42. The average molecular weight is 342 g/mol. The lowest BCUT2D eigenvalue weighted by atomic mass is 10.0. The van der Waals surface area contributed by atoms with Gasteiger partial charge in [0.25, 0.3) is 5.56 Å². The third kappa shape index (κ3) is 5.89. The summed E-state index contributed by atoms with van der Waals surface area (Å²) < 4.78 is 12.8. The van der Waals surface area contributed by atoms with Crippen LogP contribution < -0.4 is 11.2 Å². The van der Waals surface area contributed by atoms with Crippen molar-refractivity contribution in [2.45, 2.75) is 72.4 Å². The van der Waals surface area contributed by atoms with Crippen molar-refractivity contribution in [1.29, 1.82) is 0 Å². The minimum atomic E-state index is -0.893. The van der Waals surface area contributed by atoms with Crippen LogP contribution in [0.3, 0.4) is 0 Å². The molecule has 0 saturated carbocycles. The zero-order valence-electron chi connectivity index (χ0n) is 15.0. The number of hydrogen-bond acceptors (Lipinski definition) is 5. The number of unbranched alkanes of at least 4 members (excludes halogenated alkanes) is 3. The fourth-order valence-electron chi connectivity index (χ4n) is 2.40. The highest BCUT2D eigenvalue weighted by Crippen LogP contribution is 2.16. The summed E-state index contributed by atoms with van der Waals surface area (Å²) in [7, 11) is 0. The third-order valence-corrected chi connectivity index (χ3v) is 3.81. The number of hydrogen-bond donors (Lipinski definition) is 1. The van der Waals surface area contributed by atoms with E-state index in [4.69, 9.17) is 9.47 Å². The predicted octanol–water partition coefficient (Wildman–Crippen LogP) is 2.00. The molecule has 0 aliphatic rings. The molecule has 1 aromatic heterocycles. The van der Waals surface area contributed by atoms with Crippen LogP contribution in [-0.2, 0) is 22.9 Å². The molecule has 0 spiro atoms. The van der Waals surface area contributed by atoms with Crippen molar-refractivity contribution >= 4 is 0 Å². The molecule has 0 amide bonds. The molecule has 0 fully saturated rings. The highest BCUT2D eigenvalue weighted by molar-refractivity contribution is 5.09. The lowest BCUT2D eigenvalue weighted by molar-refractivity contribution is 0.0637. The summed E-state index contributed by atoms with van der Waals surface area (Å²) in [4.78, 5) is 24.9. The molecule has 138 valence electrons. The Balaban J connectivity index is 3.07. The number of nitrogens with zero attached hydrogens (tertiary/aromatic N) is 2. The van der Waals surface area contributed by atoms with Gasteiger partial charge in [-0.2, -0.15) is 0 Å². The molecular weight excluding hydrogens is 312 g/mol. The molecule has 1 heterocycles. The van der Waals surface area contributed by atoms with Gasteiger partial charge in [0.05, 0.1) is 11.7 Å². The molecule has 1 unspecified atom stereocenters. The molecule has 24 heavy (non-hydrogen) atoms. The van der Waals surface area contributed by atoms with E-state index in [0.29, 0.717) is 19.6 Å². The van der Waals surface area contributed by atoms with Crippen LogP contribution in [0, 0.1) is 0 Å². The monoisotopic (exact) mass is 342 g/mol. The summed E-state index contributed by atoms with van der Waals surface area (Å²) in [5.74, 6) is 0. The predicted molar refractivity (Wildman–Crippen MR) is 91.9 cm³/mol. The molecule has 0 aromatic carbocycles. The topological polar surface area (TPSA) is 82.7 Å². The first-order valence-electron chi connectivity index (χ1n) is 8.74. The summed E-state index contributed by atoms with van der Waals surface area (Å²) in [6.45, 7) is 6.48. The third-order valence-electron chi connectivity index (χ3n) is 3.81. The fraction of sp³-hybridized carbons (Fsp3) is 0.765. The Kier molecular flexibility index (Phi) is 9.59. The van der Waals surface area contributed by atoms with Crippen LogP contribution in [0.2, 0.25) is 0 Å². The maximum Gasteiger partial charge on any atom is 0.334 e. The molecule has 0 saturated heterocycles. The maximum atomic E-state index is 12.5. The van der Waals surface area contributed by atoms with Gasteiger partial charge in [-0.15, -0.1) is 0 Å². The fourth-order valence-corrected chi connectivity index (χ4v) is 2.40. The highest BCUT2D eigenvalue weighted by atomic mass is 16.5. The second-order valence-corrected chi connectivity index (χ2v) is 5.68. The normalized spacial score (nSPS) is 12.5. The van der Waals surface area contributed by atoms with Gasteiger partial charge in [-0.05, 0) is 20.3 Å². The summed E-state index contributed by atoms with van der Waals surface area (Å²) in [6, 6.07) is 0. The van der Waals surface area contributed by atoms with Gasteiger partial charge < -0.3 is 14.6 Å². The Hall–Kier alpha value is -1.44. The number of rotatable bonds is 12. The van der Waals surface area contributed by atoms with E-state index in [0.717, 1.165) is 30.3 Å². The molecular formula is C17H30N2O5. The van der Waals surface area contributed by atoms with Crippen molar-refractivity contribution in [3.8, 4) is 0 Å². The van der Waals surface area contributed by atoms with Crippen molar-refractivity contribution in [2.75, 3.05) is 13.2 Å². The minimum absolute atomic E-state index is 0.0390. The molecule has 0 bridgehead atoms. The number of ether oxygens (including phenoxy) is 2. The van der Waals surface area contributed by atoms with Crippen LogP contribution in [0.5, 0.6) is 0 Å². The van der Waals surface area contributed by atoms with Gasteiger partial charge in [0.15, 0.2) is 0 Å². The van der Waals surface area contributed by atoms with Gasteiger partial charge in [-0.25, -0.2) is 9.36 Å². The largest absolute Gasteiger partial charge is 0.388 e. The molecule has 7 heteroatoms. The van der Waals surface area contributed by atoms with Crippen molar-refractivity contribution in [1.82, 2.24) is 9.13 Å². The van der Waals surface area contributed by atoms with E-state index >= 15 is 0 Å². The van der Waals surface area contributed by atoms with Crippen LogP contribution in [0.4, 0.5) is 0 Å². The Morgan fingerprint density at radius 2 is 1.71 bits per heavy atom. The standard InChI is InChI=1S/C17H30N2O5/c1-4-7-8-9-10-15(20)14-11-18(12-23-5-2)17(22)19(16(14)21)13-24-6-3/h11,15,20H,4-10,12-13H2,1-3H3. The molecule has 1 aromatic rings. The average Bonchev–Trinajstić information content (AvgIpc) is 2.58. The highest BCUT2D eigenvalue weighted by Gasteiger charge is 2.17. The van der Waals surface area contributed by atoms with E-state index in [-0.39, 0.29) is 19.0 Å². The van der Waals surface area contributed by atoms with Crippen molar-refractivity contribution < 1.29 is 14.6 Å².